The van der Waals surface area contributed by atoms with Gasteiger partial charge in [-0.2, -0.15) is 0 Å². The molecule has 0 bridgehead atoms. The van der Waals surface area contributed by atoms with Crippen molar-refractivity contribution in [2.45, 2.75) is 32.4 Å². The molecule has 0 aromatic carbocycles. The van der Waals surface area contributed by atoms with Crippen molar-refractivity contribution >= 4 is 5.97 Å². The number of carboxylic acid groups (broad SMARTS) is 1. The Kier molecular flexibility index (Phi) is 3.01. The fourth-order valence-electron chi connectivity index (χ4n) is 2.08. The zero-order chi connectivity index (χ0) is 11.7. The molecule has 1 atom stereocenters. The van der Waals surface area contributed by atoms with Crippen LogP contribution < -0.4 is 0 Å². The van der Waals surface area contributed by atoms with E-state index in [1.165, 1.54) is 0 Å². The summed E-state index contributed by atoms with van der Waals surface area (Å²) in [5, 5.41) is 9.17. The van der Waals surface area contributed by atoms with Gasteiger partial charge in [-0.05, 0) is 44.9 Å². The van der Waals surface area contributed by atoms with E-state index in [2.05, 4.69) is 0 Å². The van der Waals surface area contributed by atoms with Gasteiger partial charge < -0.3 is 9.52 Å². The molecule has 1 unspecified atom stereocenters. The van der Waals surface area contributed by atoms with Crippen molar-refractivity contribution in [1.82, 2.24) is 4.90 Å². The molecule has 0 aliphatic heterocycles. The molecule has 1 aromatic rings. The molecule has 1 fully saturated rings. The largest absolute Gasteiger partial charge is 0.480 e. The summed E-state index contributed by atoms with van der Waals surface area (Å²) < 4.78 is 5.45. The van der Waals surface area contributed by atoms with Crippen LogP contribution in [-0.2, 0) is 11.3 Å². The van der Waals surface area contributed by atoms with E-state index in [1.807, 2.05) is 31.0 Å². The van der Waals surface area contributed by atoms with E-state index >= 15 is 0 Å². The van der Waals surface area contributed by atoms with E-state index in [0.717, 1.165) is 24.4 Å². The quantitative estimate of drug-likeness (QED) is 0.828. The number of nitrogens with zero attached hydrogens (tertiary/aromatic N) is 1. The van der Waals surface area contributed by atoms with E-state index in [9.17, 15) is 4.79 Å². The predicted octanol–water partition coefficient (Wildman–Crippen LogP) is 1.88. The number of hydrogen-bond donors (Lipinski definition) is 1. The summed E-state index contributed by atoms with van der Waals surface area (Å²) in [5.74, 6) is 1.28. The average molecular weight is 223 g/mol. The Morgan fingerprint density at radius 3 is 2.75 bits per heavy atom. The third kappa shape index (κ3) is 2.44. The Bertz CT molecular complexity index is 381. The number of carboxylic acids is 1. The zero-order valence-corrected chi connectivity index (χ0v) is 9.64. The highest BCUT2D eigenvalue weighted by Gasteiger charge is 2.39. The maximum atomic E-state index is 11.1. The van der Waals surface area contributed by atoms with Gasteiger partial charge in [-0.3, -0.25) is 9.69 Å². The fourth-order valence-corrected chi connectivity index (χ4v) is 2.08. The molecule has 1 aliphatic rings. The topological polar surface area (TPSA) is 53.7 Å². The van der Waals surface area contributed by atoms with Crippen molar-refractivity contribution in [2.75, 3.05) is 7.05 Å². The molecule has 0 amide bonds. The lowest BCUT2D eigenvalue weighted by molar-refractivity contribution is -0.143. The first-order valence-corrected chi connectivity index (χ1v) is 5.56. The lowest BCUT2D eigenvalue weighted by Gasteiger charge is -2.23. The molecule has 16 heavy (non-hydrogen) atoms. The Balaban J connectivity index is 2.00. The van der Waals surface area contributed by atoms with Crippen LogP contribution in [0.15, 0.2) is 16.5 Å². The summed E-state index contributed by atoms with van der Waals surface area (Å²) in [4.78, 5) is 13.0. The van der Waals surface area contributed by atoms with E-state index < -0.39 is 5.97 Å². The molecule has 1 N–H and O–H groups in total. The second kappa shape index (κ2) is 4.29. The molecule has 1 aliphatic carbocycles. The highest BCUT2D eigenvalue weighted by Crippen LogP contribution is 2.35. The number of carbonyl (C=O) groups is 1. The summed E-state index contributed by atoms with van der Waals surface area (Å²) in [6.45, 7) is 2.44. The van der Waals surface area contributed by atoms with Crippen molar-refractivity contribution in [1.29, 1.82) is 0 Å². The van der Waals surface area contributed by atoms with Crippen molar-refractivity contribution in [2.24, 2.45) is 5.92 Å². The summed E-state index contributed by atoms with van der Waals surface area (Å²) in [6.07, 6.45) is 2.05. The average Bonchev–Trinajstić information content (AvgIpc) is 2.91. The van der Waals surface area contributed by atoms with Crippen molar-refractivity contribution in [3.05, 3.63) is 23.7 Å². The van der Waals surface area contributed by atoms with Crippen LogP contribution in [0.4, 0.5) is 0 Å². The molecule has 1 aromatic heterocycles. The summed E-state index contributed by atoms with van der Waals surface area (Å²) >= 11 is 0. The molecular weight excluding hydrogens is 206 g/mol. The molecular formula is C12H17NO3. The number of rotatable bonds is 5. The number of aliphatic carboxylic acids is 1. The van der Waals surface area contributed by atoms with Gasteiger partial charge in [0.05, 0.1) is 6.54 Å². The van der Waals surface area contributed by atoms with Crippen LogP contribution in [-0.4, -0.2) is 29.1 Å². The van der Waals surface area contributed by atoms with Crippen LogP contribution in [0.25, 0.3) is 0 Å². The third-order valence-corrected chi connectivity index (χ3v) is 3.00. The smallest absolute Gasteiger partial charge is 0.321 e. The minimum Gasteiger partial charge on any atom is -0.480 e. The van der Waals surface area contributed by atoms with Crippen molar-refractivity contribution in [3.8, 4) is 0 Å². The summed E-state index contributed by atoms with van der Waals surface area (Å²) in [5.41, 5.74) is 0. The first-order chi connectivity index (χ1) is 7.58. The minimum atomic E-state index is -0.728. The van der Waals surface area contributed by atoms with Crippen LogP contribution in [0, 0.1) is 12.8 Å². The van der Waals surface area contributed by atoms with Gasteiger partial charge in [0.25, 0.3) is 0 Å². The highest BCUT2D eigenvalue weighted by molar-refractivity contribution is 5.74. The molecule has 1 heterocycles. The monoisotopic (exact) mass is 223 g/mol. The Labute approximate surface area is 94.9 Å². The highest BCUT2D eigenvalue weighted by atomic mass is 16.4. The lowest BCUT2D eigenvalue weighted by atomic mass is 10.1. The third-order valence-electron chi connectivity index (χ3n) is 3.00. The molecule has 0 saturated heterocycles. The van der Waals surface area contributed by atoms with Gasteiger partial charge in [-0.15, -0.1) is 0 Å². The summed E-state index contributed by atoms with van der Waals surface area (Å²) in [6, 6.07) is 3.43. The van der Waals surface area contributed by atoms with E-state index in [1.54, 1.807) is 0 Å². The maximum Gasteiger partial charge on any atom is 0.321 e. The van der Waals surface area contributed by atoms with Gasteiger partial charge in [0, 0.05) is 0 Å². The first-order valence-electron chi connectivity index (χ1n) is 5.56. The van der Waals surface area contributed by atoms with Crippen LogP contribution in [0.1, 0.15) is 24.4 Å². The number of likely N-dealkylation sites (N-methyl/N-ethyl adjacent to an activating group) is 1. The number of hydrogen-bond acceptors (Lipinski definition) is 3. The molecule has 88 valence electrons. The van der Waals surface area contributed by atoms with Gasteiger partial charge in [0.15, 0.2) is 0 Å². The molecule has 4 heteroatoms. The van der Waals surface area contributed by atoms with E-state index in [0.29, 0.717) is 12.5 Å². The second-order valence-electron chi connectivity index (χ2n) is 4.55. The first kappa shape index (κ1) is 11.2. The van der Waals surface area contributed by atoms with Crippen LogP contribution in [0.2, 0.25) is 0 Å². The SMILES string of the molecule is Cc1ccc(CN(C)C(C(=O)O)C2CC2)o1. The van der Waals surface area contributed by atoms with Crippen molar-refractivity contribution < 1.29 is 14.3 Å². The second-order valence-corrected chi connectivity index (χ2v) is 4.55. The zero-order valence-electron chi connectivity index (χ0n) is 9.64. The van der Waals surface area contributed by atoms with Gasteiger partial charge in [0.2, 0.25) is 0 Å². The minimum absolute atomic E-state index is 0.318. The molecule has 2 rings (SSSR count). The number of aryl methyl sites for hydroxylation is 1. The Morgan fingerprint density at radius 1 is 1.62 bits per heavy atom. The van der Waals surface area contributed by atoms with E-state index in [-0.39, 0.29) is 6.04 Å². The fraction of sp³-hybridized carbons (Fsp3) is 0.583. The maximum absolute atomic E-state index is 11.1. The lowest BCUT2D eigenvalue weighted by Crippen LogP contribution is -2.39. The van der Waals surface area contributed by atoms with Crippen LogP contribution in [0.5, 0.6) is 0 Å². The van der Waals surface area contributed by atoms with Crippen LogP contribution >= 0.6 is 0 Å². The van der Waals surface area contributed by atoms with Gasteiger partial charge in [-0.25, -0.2) is 0 Å². The normalized spacial score (nSPS) is 17.7. The number of furan rings is 1. The van der Waals surface area contributed by atoms with Gasteiger partial charge >= 0.3 is 5.97 Å². The Morgan fingerprint density at radius 2 is 2.31 bits per heavy atom. The Hall–Kier alpha value is -1.29. The molecule has 4 nitrogen and oxygen atoms in total. The molecule has 0 spiro atoms. The van der Waals surface area contributed by atoms with E-state index in [4.69, 9.17) is 9.52 Å². The standard InChI is InChI=1S/C12H17NO3/c1-8-3-6-10(16-8)7-13(2)11(12(14)15)9-4-5-9/h3,6,9,11H,4-5,7H2,1-2H3,(H,14,15). The molecule has 0 radical (unpaired) electrons. The van der Waals surface area contributed by atoms with Crippen LogP contribution in [0.3, 0.4) is 0 Å². The molecule has 1 saturated carbocycles. The van der Waals surface area contributed by atoms with Crippen molar-refractivity contribution in [3.63, 3.8) is 0 Å². The predicted molar refractivity (Wildman–Crippen MR) is 59.1 cm³/mol. The van der Waals surface area contributed by atoms with Gasteiger partial charge in [0.1, 0.15) is 17.6 Å². The summed E-state index contributed by atoms with van der Waals surface area (Å²) in [7, 11) is 1.84. The van der Waals surface area contributed by atoms with Gasteiger partial charge in [-0.1, -0.05) is 0 Å².